The summed E-state index contributed by atoms with van der Waals surface area (Å²) in [5.74, 6) is 2.26. The van der Waals surface area contributed by atoms with Gasteiger partial charge in [0.1, 0.15) is 23.9 Å². The number of imidazole rings is 1. The van der Waals surface area contributed by atoms with Crippen LogP contribution in [0.1, 0.15) is 18.3 Å². The number of hydrogen-bond donors (Lipinski definition) is 1. The third kappa shape index (κ3) is 6.86. The van der Waals surface area contributed by atoms with E-state index >= 15 is 0 Å². The number of sulfone groups is 1. The summed E-state index contributed by atoms with van der Waals surface area (Å²) in [7, 11) is -4.57. The number of aromatic amines is 1. The molecule has 0 unspecified atom stereocenters. The van der Waals surface area contributed by atoms with Crippen LogP contribution in [0.3, 0.4) is 0 Å². The number of nitrogens with zero attached hydrogens (tertiary/aromatic N) is 6. The predicted octanol–water partition coefficient (Wildman–Crippen LogP) is 5.10. The minimum atomic E-state index is -3.32. The van der Waals surface area contributed by atoms with Crippen molar-refractivity contribution >= 4 is 28.9 Å². The molecular formula is C28H33N7O4SSi. The molecule has 3 aromatic heterocycles. The minimum absolute atomic E-state index is 0.0296. The Kier molecular flexibility index (Phi) is 8.29. The largest absolute Gasteiger partial charge is 0.457 e. The minimum Gasteiger partial charge on any atom is -0.457 e. The third-order valence-electron chi connectivity index (χ3n) is 6.57. The van der Waals surface area contributed by atoms with Gasteiger partial charge in [-0.1, -0.05) is 37.8 Å². The van der Waals surface area contributed by atoms with E-state index in [1.54, 1.807) is 37.4 Å². The number of ether oxygens (including phenoxy) is 2. The molecule has 3 heterocycles. The zero-order chi connectivity index (χ0) is 29.0. The number of fused-ring (bicyclic) bond motifs is 1. The highest BCUT2D eigenvalue weighted by molar-refractivity contribution is 7.91. The van der Waals surface area contributed by atoms with Crippen LogP contribution in [-0.2, 0) is 27.7 Å². The van der Waals surface area contributed by atoms with Crippen LogP contribution in [0.2, 0.25) is 25.7 Å². The van der Waals surface area contributed by atoms with Crippen LogP contribution in [0.15, 0.2) is 65.7 Å². The van der Waals surface area contributed by atoms with Crippen molar-refractivity contribution in [2.24, 2.45) is 0 Å². The Labute approximate surface area is 239 Å². The SMILES string of the molecule is CCS(=O)(=O)c1ccc(Oc2cc3nc(-c4ccccn4)n(COCC[Si](C)(C)C)c3cc2Cc2nn[nH]n2)cc1. The summed E-state index contributed by atoms with van der Waals surface area (Å²) in [4.78, 5) is 9.72. The molecule has 0 bridgehead atoms. The van der Waals surface area contributed by atoms with Gasteiger partial charge in [-0.2, -0.15) is 5.21 Å². The number of tetrazole rings is 1. The van der Waals surface area contributed by atoms with Gasteiger partial charge in [0, 0.05) is 38.9 Å². The number of nitrogens with one attached hydrogen (secondary N) is 1. The molecule has 0 saturated carbocycles. The maximum atomic E-state index is 12.3. The zero-order valence-corrected chi connectivity index (χ0v) is 25.4. The number of rotatable bonds is 12. The fourth-order valence-electron chi connectivity index (χ4n) is 4.22. The molecule has 214 valence electrons. The molecule has 0 aliphatic rings. The van der Waals surface area contributed by atoms with Crippen molar-refractivity contribution in [2.75, 3.05) is 12.4 Å². The van der Waals surface area contributed by atoms with Gasteiger partial charge >= 0.3 is 0 Å². The first-order valence-corrected chi connectivity index (χ1v) is 18.7. The van der Waals surface area contributed by atoms with Gasteiger partial charge < -0.3 is 9.47 Å². The van der Waals surface area contributed by atoms with E-state index in [-0.39, 0.29) is 10.6 Å². The van der Waals surface area contributed by atoms with E-state index in [4.69, 9.17) is 14.5 Å². The molecule has 0 saturated heterocycles. The fraction of sp³-hybridized carbons (Fsp3) is 0.321. The monoisotopic (exact) mass is 591 g/mol. The Bertz CT molecular complexity index is 1720. The number of H-pyrrole nitrogens is 1. The van der Waals surface area contributed by atoms with Crippen molar-refractivity contribution in [3.05, 3.63) is 72.2 Å². The summed E-state index contributed by atoms with van der Waals surface area (Å²) in [6, 6.07) is 17.0. The summed E-state index contributed by atoms with van der Waals surface area (Å²) < 4.78 is 39.0. The van der Waals surface area contributed by atoms with Crippen LogP contribution in [-0.4, -0.2) is 64.0 Å². The molecule has 1 N–H and O–H groups in total. The van der Waals surface area contributed by atoms with Gasteiger partial charge in [0.15, 0.2) is 21.5 Å². The number of pyridine rings is 1. The van der Waals surface area contributed by atoms with Crippen molar-refractivity contribution in [1.29, 1.82) is 0 Å². The van der Waals surface area contributed by atoms with E-state index in [9.17, 15) is 8.42 Å². The lowest BCUT2D eigenvalue weighted by Crippen LogP contribution is -2.22. The second kappa shape index (κ2) is 11.9. The lowest BCUT2D eigenvalue weighted by atomic mass is 10.1. The normalized spacial score (nSPS) is 12.2. The summed E-state index contributed by atoms with van der Waals surface area (Å²) in [5.41, 5.74) is 3.10. The highest BCUT2D eigenvalue weighted by Gasteiger charge is 2.20. The first-order chi connectivity index (χ1) is 19.6. The third-order valence-corrected chi connectivity index (χ3v) is 10.0. The molecule has 0 aliphatic carbocycles. The average Bonchev–Trinajstić information content (AvgIpc) is 3.59. The molecule has 5 rings (SSSR count). The summed E-state index contributed by atoms with van der Waals surface area (Å²) in [6.45, 7) is 9.58. The topological polar surface area (TPSA) is 138 Å². The lowest BCUT2D eigenvalue weighted by molar-refractivity contribution is 0.0909. The van der Waals surface area contributed by atoms with Crippen molar-refractivity contribution in [1.82, 2.24) is 35.2 Å². The van der Waals surface area contributed by atoms with E-state index in [1.165, 1.54) is 0 Å². The molecule has 0 atom stereocenters. The maximum absolute atomic E-state index is 12.3. The second-order valence-electron chi connectivity index (χ2n) is 10.9. The smallest absolute Gasteiger partial charge is 0.179 e. The van der Waals surface area contributed by atoms with Crippen LogP contribution in [0.25, 0.3) is 22.6 Å². The number of hydrogen-bond acceptors (Lipinski definition) is 9. The van der Waals surface area contributed by atoms with Crippen molar-refractivity contribution in [3.8, 4) is 23.0 Å². The fourth-order valence-corrected chi connectivity index (χ4v) is 5.86. The second-order valence-corrected chi connectivity index (χ2v) is 18.8. The van der Waals surface area contributed by atoms with E-state index in [0.29, 0.717) is 48.4 Å². The Morgan fingerprint density at radius 2 is 1.85 bits per heavy atom. The molecular weight excluding hydrogens is 559 g/mol. The summed E-state index contributed by atoms with van der Waals surface area (Å²) in [5, 5.41) is 14.4. The molecule has 0 spiro atoms. The molecule has 11 nitrogen and oxygen atoms in total. The zero-order valence-electron chi connectivity index (χ0n) is 23.5. The predicted molar refractivity (Wildman–Crippen MR) is 158 cm³/mol. The Morgan fingerprint density at radius 3 is 2.51 bits per heavy atom. The van der Waals surface area contributed by atoms with Crippen molar-refractivity contribution in [2.45, 2.75) is 50.7 Å². The molecule has 41 heavy (non-hydrogen) atoms. The van der Waals surface area contributed by atoms with Gasteiger partial charge in [0.2, 0.25) is 0 Å². The van der Waals surface area contributed by atoms with E-state index in [2.05, 4.69) is 45.2 Å². The van der Waals surface area contributed by atoms with Crippen LogP contribution >= 0.6 is 0 Å². The number of benzene rings is 2. The summed E-state index contributed by atoms with van der Waals surface area (Å²) in [6.07, 6.45) is 2.09. The first-order valence-electron chi connectivity index (χ1n) is 13.4. The molecule has 0 fully saturated rings. The van der Waals surface area contributed by atoms with E-state index < -0.39 is 17.9 Å². The van der Waals surface area contributed by atoms with Crippen LogP contribution in [0, 0.1) is 0 Å². The Morgan fingerprint density at radius 1 is 1.05 bits per heavy atom. The Balaban J connectivity index is 1.56. The molecule has 5 aromatic rings. The standard InChI is InChI=1S/C28H33N7O4SSi/c1-5-40(36,37)22-11-9-21(10-12-22)39-26-18-24-25(16-20(26)17-27-31-33-34-32-27)35(19-38-14-15-41(2,3)4)28(30-24)23-8-6-7-13-29-23/h6-13,16,18H,5,14-15,17,19H2,1-4H3,(H,31,32,33,34). The molecule has 2 aromatic carbocycles. The van der Waals surface area contributed by atoms with Crippen LogP contribution < -0.4 is 4.74 Å². The van der Waals surface area contributed by atoms with Gasteiger partial charge in [-0.15, -0.1) is 10.2 Å². The first kappa shape index (κ1) is 28.6. The van der Waals surface area contributed by atoms with Gasteiger partial charge in [-0.25, -0.2) is 13.4 Å². The van der Waals surface area contributed by atoms with E-state index in [1.807, 2.05) is 34.9 Å². The molecule has 0 amide bonds. The quantitative estimate of drug-likeness (QED) is 0.155. The average molecular weight is 592 g/mol. The van der Waals surface area contributed by atoms with Gasteiger partial charge in [0.25, 0.3) is 0 Å². The van der Waals surface area contributed by atoms with Gasteiger partial charge in [0.05, 0.1) is 21.7 Å². The summed E-state index contributed by atoms with van der Waals surface area (Å²) >= 11 is 0. The highest BCUT2D eigenvalue weighted by atomic mass is 32.2. The Hall–Kier alpha value is -3.94. The molecule has 0 aliphatic heterocycles. The van der Waals surface area contributed by atoms with Gasteiger partial charge in [-0.05, 0) is 48.5 Å². The molecule has 0 radical (unpaired) electrons. The van der Waals surface area contributed by atoms with Gasteiger partial charge in [-0.3, -0.25) is 9.55 Å². The molecule has 13 heteroatoms. The van der Waals surface area contributed by atoms with Crippen molar-refractivity contribution < 1.29 is 17.9 Å². The highest BCUT2D eigenvalue weighted by Crippen LogP contribution is 2.34. The van der Waals surface area contributed by atoms with E-state index in [0.717, 1.165) is 22.8 Å². The van der Waals surface area contributed by atoms with Crippen LogP contribution in [0.4, 0.5) is 0 Å². The van der Waals surface area contributed by atoms with Crippen LogP contribution in [0.5, 0.6) is 11.5 Å². The maximum Gasteiger partial charge on any atom is 0.179 e. The number of aromatic nitrogens is 7. The van der Waals surface area contributed by atoms with Crippen molar-refractivity contribution in [3.63, 3.8) is 0 Å². The lowest BCUT2D eigenvalue weighted by Gasteiger charge is -2.16.